The summed E-state index contributed by atoms with van der Waals surface area (Å²) in [6.45, 7) is 10.3. The van der Waals surface area contributed by atoms with Crippen LogP contribution in [0.1, 0.15) is 39.0 Å². The van der Waals surface area contributed by atoms with Gasteiger partial charge < -0.3 is 10.1 Å². The van der Waals surface area contributed by atoms with Crippen LogP contribution >= 0.6 is 22.9 Å². The van der Waals surface area contributed by atoms with Gasteiger partial charge in [-0.3, -0.25) is 0 Å². The summed E-state index contributed by atoms with van der Waals surface area (Å²) in [5, 5.41) is 3.59. The second kappa shape index (κ2) is 7.49. The van der Waals surface area contributed by atoms with Crippen molar-refractivity contribution in [3.63, 3.8) is 0 Å². The summed E-state index contributed by atoms with van der Waals surface area (Å²) in [6, 6.07) is 4.38. The number of nitrogens with one attached hydrogen (secondary N) is 1. The zero-order chi connectivity index (χ0) is 13.6. The zero-order valence-corrected chi connectivity index (χ0v) is 13.3. The SMILES string of the molecule is CCCNC(Cc1ccc(Cl)s1)C(C)(C)OCC. The Kier molecular flexibility index (Phi) is 6.64. The van der Waals surface area contributed by atoms with Crippen LogP contribution in [0.4, 0.5) is 0 Å². The van der Waals surface area contributed by atoms with Gasteiger partial charge >= 0.3 is 0 Å². The highest BCUT2D eigenvalue weighted by molar-refractivity contribution is 7.16. The average Bonchev–Trinajstić information content (AvgIpc) is 2.70. The predicted octanol–water partition coefficient (Wildman–Crippen LogP) is 4.13. The maximum absolute atomic E-state index is 5.99. The lowest BCUT2D eigenvalue weighted by molar-refractivity contribution is -0.0378. The number of halogens is 1. The van der Waals surface area contributed by atoms with Crippen LogP contribution in [0, 0.1) is 0 Å². The van der Waals surface area contributed by atoms with Crippen LogP contribution in [-0.2, 0) is 11.2 Å². The zero-order valence-electron chi connectivity index (χ0n) is 11.8. The minimum absolute atomic E-state index is 0.166. The fourth-order valence-electron chi connectivity index (χ4n) is 2.02. The Morgan fingerprint density at radius 1 is 1.39 bits per heavy atom. The third-order valence-electron chi connectivity index (χ3n) is 3.03. The summed E-state index contributed by atoms with van der Waals surface area (Å²) in [5.41, 5.74) is -0.166. The molecule has 1 N–H and O–H groups in total. The molecule has 1 rings (SSSR count). The molecular formula is C14H24ClNOS. The summed E-state index contributed by atoms with van der Waals surface area (Å²) in [4.78, 5) is 1.31. The third-order valence-corrected chi connectivity index (χ3v) is 4.28. The molecule has 0 aromatic carbocycles. The molecule has 1 atom stereocenters. The molecule has 0 aliphatic carbocycles. The van der Waals surface area contributed by atoms with Crippen molar-refractivity contribution in [2.24, 2.45) is 0 Å². The van der Waals surface area contributed by atoms with E-state index in [2.05, 4.69) is 32.2 Å². The van der Waals surface area contributed by atoms with Crippen molar-refractivity contribution < 1.29 is 4.74 Å². The molecule has 1 unspecified atom stereocenters. The fraction of sp³-hybridized carbons (Fsp3) is 0.714. The normalized spacial score (nSPS) is 13.8. The largest absolute Gasteiger partial charge is 0.374 e. The highest BCUT2D eigenvalue weighted by Gasteiger charge is 2.29. The second-order valence-corrected chi connectivity index (χ2v) is 6.75. The Morgan fingerprint density at radius 3 is 2.61 bits per heavy atom. The molecule has 1 aromatic heterocycles. The molecule has 0 spiro atoms. The van der Waals surface area contributed by atoms with E-state index in [-0.39, 0.29) is 5.60 Å². The lowest BCUT2D eigenvalue weighted by Crippen LogP contribution is -2.50. The third kappa shape index (κ3) is 4.88. The van der Waals surface area contributed by atoms with Crippen molar-refractivity contribution in [1.82, 2.24) is 5.32 Å². The Morgan fingerprint density at radius 2 is 2.11 bits per heavy atom. The Hall–Kier alpha value is -0.0900. The maximum Gasteiger partial charge on any atom is 0.0931 e. The van der Waals surface area contributed by atoms with Crippen LogP contribution in [0.15, 0.2) is 12.1 Å². The van der Waals surface area contributed by atoms with E-state index in [4.69, 9.17) is 16.3 Å². The van der Waals surface area contributed by atoms with Crippen LogP contribution in [0.25, 0.3) is 0 Å². The lowest BCUT2D eigenvalue weighted by atomic mass is 9.94. The van der Waals surface area contributed by atoms with Gasteiger partial charge in [-0.2, -0.15) is 0 Å². The molecule has 18 heavy (non-hydrogen) atoms. The minimum Gasteiger partial charge on any atom is -0.374 e. The fourth-order valence-corrected chi connectivity index (χ4v) is 3.15. The van der Waals surface area contributed by atoms with Crippen molar-refractivity contribution in [3.8, 4) is 0 Å². The molecule has 0 bridgehead atoms. The monoisotopic (exact) mass is 289 g/mol. The van der Waals surface area contributed by atoms with E-state index >= 15 is 0 Å². The van der Waals surface area contributed by atoms with Gasteiger partial charge in [0.2, 0.25) is 0 Å². The first-order valence-electron chi connectivity index (χ1n) is 6.61. The molecule has 104 valence electrons. The predicted molar refractivity (Wildman–Crippen MR) is 80.8 cm³/mol. The number of rotatable bonds is 8. The van der Waals surface area contributed by atoms with E-state index < -0.39 is 0 Å². The van der Waals surface area contributed by atoms with Crippen LogP contribution in [0.3, 0.4) is 0 Å². The first-order valence-corrected chi connectivity index (χ1v) is 7.80. The molecule has 1 aromatic rings. The van der Waals surface area contributed by atoms with E-state index in [9.17, 15) is 0 Å². The molecule has 0 saturated heterocycles. The van der Waals surface area contributed by atoms with Crippen LogP contribution < -0.4 is 5.32 Å². The van der Waals surface area contributed by atoms with Crippen LogP contribution in [0.5, 0.6) is 0 Å². The van der Waals surface area contributed by atoms with Gasteiger partial charge in [-0.1, -0.05) is 18.5 Å². The van der Waals surface area contributed by atoms with E-state index in [1.807, 2.05) is 13.0 Å². The standard InChI is InChI=1S/C14H24ClNOS/c1-5-9-16-12(14(3,4)17-6-2)10-11-7-8-13(15)18-11/h7-8,12,16H,5-6,9-10H2,1-4H3. The summed E-state index contributed by atoms with van der Waals surface area (Å²) >= 11 is 7.64. The van der Waals surface area contributed by atoms with Crippen molar-refractivity contribution in [1.29, 1.82) is 0 Å². The molecule has 4 heteroatoms. The van der Waals surface area contributed by atoms with E-state index in [1.165, 1.54) is 4.88 Å². The molecule has 0 radical (unpaired) electrons. The molecule has 0 aliphatic rings. The Balaban J connectivity index is 2.71. The van der Waals surface area contributed by atoms with Crippen molar-refractivity contribution in [2.45, 2.75) is 52.2 Å². The molecule has 2 nitrogen and oxygen atoms in total. The van der Waals surface area contributed by atoms with Crippen LogP contribution in [0.2, 0.25) is 4.34 Å². The van der Waals surface area contributed by atoms with E-state index in [1.54, 1.807) is 11.3 Å². The molecule has 0 fully saturated rings. The van der Waals surface area contributed by atoms with Gasteiger partial charge in [-0.05, 0) is 52.3 Å². The minimum atomic E-state index is -0.166. The maximum atomic E-state index is 5.99. The molecule has 0 saturated carbocycles. The van der Waals surface area contributed by atoms with E-state index in [0.29, 0.717) is 6.04 Å². The number of ether oxygens (including phenoxy) is 1. The van der Waals surface area contributed by atoms with Gasteiger partial charge in [-0.25, -0.2) is 0 Å². The summed E-state index contributed by atoms with van der Waals surface area (Å²) in [5.74, 6) is 0. The summed E-state index contributed by atoms with van der Waals surface area (Å²) < 4.78 is 6.73. The Labute approximate surface area is 120 Å². The van der Waals surface area contributed by atoms with Gasteiger partial charge in [0, 0.05) is 17.5 Å². The molecular weight excluding hydrogens is 266 g/mol. The average molecular weight is 290 g/mol. The Bertz CT molecular complexity index is 351. The highest BCUT2D eigenvalue weighted by Crippen LogP contribution is 2.26. The number of hydrogen-bond donors (Lipinski definition) is 1. The van der Waals surface area contributed by atoms with Gasteiger partial charge in [-0.15, -0.1) is 11.3 Å². The topological polar surface area (TPSA) is 21.3 Å². The first kappa shape index (κ1) is 16.0. The molecule has 0 aliphatic heterocycles. The summed E-state index contributed by atoms with van der Waals surface area (Å²) in [6.07, 6.45) is 2.09. The number of hydrogen-bond acceptors (Lipinski definition) is 3. The van der Waals surface area contributed by atoms with Crippen molar-refractivity contribution >= 4 is 22.9 Å². The first-order chi connectivity index (χ1) is 8.49. The van der Waals surface area contributed by atoms with Gasteiger partial charge in [0.25, 0.3) is 0 Å². The second-order valence-electron chi connectivity index (χ2n) is 4.95. The van der Waals surface area contributed by atoms with Crippen molar-refractivity contribution in [3.05, 3.63) is 21.3 Å². The smallest absolute Gasteiger partial charge is 0.0931 e. The van der Waals surface area contributed by atoms with Crippen LogP contribution in [-0.4, -0.2) is 24.8 Å². The van der Waals surface area contributed by atoms with Gasteiger partial charge in [0.15, 0.2) is 0 Å². The van der Waals surface area contributed by atoms with Crippen molar-refractivity contribution in [2.75, 3.05) is 13.2 Å². The number of thiophene rings is 1. The molecule has 0 amide bonds. The van der Waals surface area contributed by atoms with Gasteiger partial charge in [0.05, 0.1) is 9.94 Å². The lowest BCUT2D eigenvalue weighted by Gasteiger charge is -2.35. The van der Waals surface area contributed by atoms with Gasteiger partial charge in [0.1, 0.15) is 0 Å². The van der Waals surface area contributed by atoms with E-state index in [0.717, 1.165) is 30.3 Å². The summed E-state index contributed by atoms with van der Waals surface area (Å²) in [7, 11) is 0. The highest BCUT2D eigenvalue weighted by atomic mass is 35.5. The molecule has 1 heterocycles. The quantitative estimate of drug-likeness (QED) is 0.777.